The maximum Gasteiger partial charge on any atom is 0.119 e. The van der Waals surface area contributed by atoms with E-state index in [0.717, 1.165) is 17.8 Å². The molecule has 1 atom stereocenters. The highest BCUT2D eigenvalue weighted by atomic mass is 16.5. The van der Waals surface area contributed by atoms with Crippen LogP contribution in [0.3, 0.4) is 0 Å². The second kappa shape index (κ2) is 6.56. The summed E-state index contributed by atoms with van der Waals surface area (Å²) in [6.45, 7) is 1.31. The van der Waals surface area contributed by atoms with Crippen molar-refractivity contribution in [2.75, 3.05) is 13.7 Å². The lowest BCUT2D eigenvalue weighted by atomic mass is 9.93. The van der Waals surface area contributed by atoms with E-state index in [4.69, 9.17) is 4.74 Å². The smallest absolute Gasteiger partial charge is 0.119 e. The first-order valence-corrected chi connectivity index (χ1v) is 9.25. The summed E-state index contributed by atoms with van der Waals surface area (Å²) < 4.78 is 5.41. The molecule has 3 nitrogen and oxygen atoms in total. The number of rotatable bonds is 4. The van der Waals surface area contributed by atoms with Gasteiger partial charge in [-0.2, -0.15) is 0 Å². The van der Waals surface area contributed by atoms with E-state index in [0.29, 0.717) is 0 Å². The molecule has 0 bridgehead atoms. The fraction of sp³-hybridized carbons (Fsp3) is 0.600. The van der Waals surface area contributed by atoms with Crippen molar-refractivity contribution in [2.45, 2.75) is 63.5 Å². The van der Waals surface area contributed by atoms with E-state index < -0.39 is 0 Å². The quantitative estimate of drug-likeness (QED) is 0.899. The van der Waals surface area contributed by atoms with Gasteiger partial charge in [-0.25, -0.2) is 0 Å². The van der Waals surface area contributed by atoms with E-state index in [9.17, 15) is 0 Å². The van der Waals surface area contributed by atoms with Crippen molar-refractivity contribution in [1.29, 1.82) is 0 Å². The third-order valence-corrected chi connectivity index (χ3v) is 5.90. The molecule has 1 saturated carbocycles. The largest absolute Gasteiger partial charge is 0.497 e. The normalized spacial score (nSPS) is 23.6. The number of likely N-dealkylation sites (tertiary alicyclic amines) is 1. The lowest BCUT2D eigenvalue weighted by Gasteiger charge is -2.35. The zero-order valence-electron chi connectivity index (χ0n) is 14.2. The first kappa shape index (κ1) is 15.1. The molecule has 1 aliphatic heterocycles. The van der Waals surface area contributed by atoms with Gasteiger partial charge in [0.15, 0.2) is 0 Å². The van der Waals surface area contributed by atoms with Crippen molar-refractivity contribution in [3.63, 3.8) is 0 Å². The number of aromatic nitrogens is 1. The number of methoxy groups -OCH3 is 1. The van der Waals surface area contributed by atoms with Gasteiger partial charge in [0.2, 0.25) is 0 Å². The van der Waals surface area contributed by atoms with E-state index in [1.54, 1.807) is 7.11 Å². The summed E-state index contributed by atoms with van der Waals surface area (Å²) in [4.78, 5) is 6.27. The second-order valence-electron chi connectivity index (χ2n) is 7.26. The SMILES string of the molecule is COc1ccc2[nH]cc(C[C@H]3CCCN3C3CCCCC3)c2c1. The highest BCUT2D eigenvalue weighted by Gasteiger charge is 2.31. The van der Waals surface area contributed by atoms with Crippen LogP contribution < -0.4 is 4.74 Å². The first-order chi connectivity index (χ1) is 11.3. The average Bonchev–Trinajstić information content (AvgIpc) is 3.23. The molecule has 3 heteroatoms. The van der Waals surface area contributed by atoms with Crippen LogP contribution in [0.15, 0.2) is 24.4 Å². The Morgan fingerprint density at radius 1 is 1.13 bits per heavy atom. The fourth-order valence-electron chi connectivity index (χ4n) is 4.68. The van der Waals surface area contributed by atoms with Crippen molar-refractivity contribution in [1.82, 2.24) is 9.88 Å². The third kappa shape index (κ3) is 2.99. The molecule has 124 valence electrons. The van der Waals surface area contributed by atoms with Gasteiger partial charge in [-0.3, -0.25) is 4.90 Å². The van der Waals surface area contributed by atoms with Crippen molar-refractivity contribution >= 4 is 10.9 Å². The molecule has 2 heterocycles. The highest BCUT2D eigenvalue weighted by Crippen LogP contribution is 2.32. The Morgan fingerprint density at radius 3 is 2.83 bits per heavy atom. The molecule has 0 radical (unpaired) electrons. The average molecular weight is 312 g/mol. The number of hydrogen-bond donors (Lipinski definition) is 1. The molecule has 1 saturated heterocycles. The Morgan fingerprint density at radius 2 is 2.00 bits per heavy atom. The van der Waals surface area contributed by atoms with Crippen LogP contribution in [0, 0.1) is 0 Å². The number of ether oxygens (including phenoxy) is 1. The summed E-state index contributed by atoms with van der Waals surface area (Å²) in [6.07, 6.45) is 13.2. The van der Waals surface area contributed by atoms with Crippen LogP contribution in [-0.2, 0) is 6.42 Å². The lowest BCUT2D eigenvalue weighted by Crippen LogP contribution is -2.41. The van der Waals surface area contributed by atoms with E-state index in [-0.39, 0.29) is 0 Å². The minimum atomic E-state index is 0.725. The summed E-state index contributed by atoms with van der Waals surface area (Å²) in [5, 5.41) is 1.33. The van der Waals surface area contributed by atoms with E-state index >= 15 is 0 Å². The van der Waals surface area contributed by atoms with Gasteiger partial charge < -0.3 is 9.72 Å². The van der Waals surface area contributed by atoms with Crippen LogP contribution in [0.4, 0.5) is 0 Å². The van der Waals surface area contributed by atoms with Crippen LogP contribution in [0.1, 0.15) is 50.5 Å². The standard InChI is InChI=1S/C20H28N2O/c1-23-18-9-10-20-19(13-18)15(14-21-20)12-17-8-5-11-22(17)16-6-3-2-4-7-16/h9-10,13-14,16-17,21H,2-8,11-12H2,1H3/t17-/m1/s1. The molecule has 2 aliphatic rings. The van der Waals surface area contributed by atoms with Gasteiger partial charge in [0, 0.05) is 29.2 Å². The molecule has 1 N–H and O–H groups in total. The maximum atomic E-state index is 5.41. The Bertz CT molecular complexity index is 657. The Kier molecular flexibility index (Phi) is 4.30. The minimum absolute atomic E-state index is 0.725. The van der Waals surface area contributed by atoms with Crippen LogP contribution >= 0.6 is 0 Å². The zero-order chi connectivity index (χ0) is 15.6. The van der Waals surface area contributed by atoms with Crippen molar-refractivity contribution in [3.8, 4) is 5.75 Å². The topological polar surface area (TPSA) is 28.3 Å². The molecule has 0 spiro atoms. The second-order valence-corrected chi connectivity index (χ2v) is 7.26. The van der Waals surface area contributed by atoms with Crippen LogP contribution in [0.25, 0.3) is 10.9 Å². The predicted molar refractivity (Wildman–Crippen MR) is 95.2 cm³/mol. The zero-order valence-corrected chi connectivity index (χ0v) is 14.2. The van der Waals surface area contributed by atoms with Gasteiger partial charge in [0.25, 0.3) is 0 Å². The van der Waals surface area contributed by atoms with Gasteiger partial charge in [-0.1, -0.05) is 19.3 Å². The third-order valence-electron chi connectivity index (χ3n) is 5.90. The van der Waals surface area contributed by atoms with E-state index in [1.807, 2.05) is 6.07 Å². The number of H-pyrrole nitrogens is 1. The lowest BCUT2D eigenvalue weighted by molar-refractivity contribution is 0.141. The summed E-state index contributed by atoms with van der Waals surface area (Å²) in [6, 6.07) is 7.91. The highest BCUT2D eigenvalue weighted by molar-refractivity contribution is 5.84. The van der Waals surface area contributed by atoms with Gasteiger partial charge in [-0.15, -0.1) is 0 Å². The van der Waals surface area contributed by atoms with Crippen LogP contribution in [0.5, 0.6) is 5.75 Å². The number of nitrogens with zero attached hydrogens (tertiary/aromatic N) is 1. The molecule has 1 aromatic carbocycles. The van der Waals surface area contributed by atoms with Gasteiger partial charge >= 0.3 is 0 Å². The molecule has 2 aromatic rings. The molecular weight excluding hydrogens is 284 g/mol. The molecule has 1 aliphatic carbocycles. The molecular formula is C20H28N2O. The number of aromatic amines is 1. The Balaban J connectivity index is 1.54. The molecule has 2 fully saturated rings. The van der Waals surface area contributed by atoms with Crippen LogP contribution in [0.2, 0.25) is 0 Å². The number of fused-ring (bicyclic) bond motifs is 1. The Hall–Kier alpha value is -1.48. The van der Waals surface area contributed by atoms with Gasteiger partial charge in [0.05, 0.1) is 7.11 Å². The van der Waals surface area contributed by atoms with Crippen molar-refractivity contribution in [3.05, 3.63) is 30.0 Å². The first-order valence-electron chi connectivity index (χ1n) is 9.25. The Labute approximate surface area is 139 Å². The van der Waals surface area contributed by atoms with Gasteiger partial charge in [0.1, 0.15) is 5.75 Å². The van der Waals surface area contributed by atoms with Crippen LogP contribution in [-0.4, -0.2) is 35.6 Å². The summed E-state index contributed by atoms with van der Waals surface area (Å²) >= 11 is 0. The predicted octanol–water partition coefficient (Wildman–Crippen LogP) is 4.52. The molecule has 23 heavy (non-hydrogen) atoms. The van der Waals surface area contributed by atoms with Crippen molar-refractivity contribution < 1.29 is 4.74 Å². The van der Waals surface area contributed by atoms with E-state index in [1.165, 1.54) is 74.4 Å². The fourth-order valence-corrected chi connectivity index (χ4v) is 4.68. The number of nitrogens with one attached hydrogen (secondary N) is 1. The monoisotopic (exact) mass is 312 g/mol. The van der Waals surface area contributed by atoms with Gasteiger partial charge in [-0.05, 0) is 62.4 Å². The maximum absolute atomic E-state index is 5.41. The summed E-state index contributed by atoms with van der Waals surface area (Å²) in [5.74, 6) is 0.953. The van der Waals surface area contributed by atoms with E-state index in [2.05, 4.69) is 28.2 Å². The van der Waals surface area contributed by atoms with Crippen molar-refractivity contribution in [2.24, 2.45) is 0 Å². The minimum Gasteiger partial charge on any atom is -0.497 e. The molecule has 0 unspecified atom stereocenters. The molecule has 0 amide bonds. The summed E-state index contributed by atoms with van der Waals surface area (Å²) in [5.41, 5.74) is 2.68. The number of benzene rings is 1. The summed E-state index contributed by atoms with van der Waals surface area (Å²) in [7, 11) is 1.75. The molecule has 4 rings (SSSR count). The number of hydrogen-bond acceptors (Lipinski definition) is 2. The molecule has 1 aromatic heterocycles.